The van der Waals surface area contributed by atoms with Gasteiger partial charge in [-0.15, -0.1) is 0 Å². The van der Waals surface area contributed by atoms with E-state index >= 15 is 0 Å². The van der Waals surface area contributed by atoms with Gasteiger partial charge in [0.1, 0.15) is 0 Å². The normalized spacial score (nSPS) is 21.4. The highest BCUT2D eigenvalue weighted by molar-refractivity contribution is 5.78. The summed E-state index contributed by atoms with van der Waals surface area (Å²) < 4.78 is 0. The number of aliphatic carboxylic acids is 1. The highest BCUT2D eigenvalue weighted by atomic mass is 16.4. The van der Waals surface area contributed by atoms with Gasteiger partial charge in [-0.05, 0) is 12.8 Å². The van der Waals surface area contributed by atoms with Crippen molar-refractivity contribution in [1.29, 1.82) is 0 Å². The number of unbranched alkanes of at least 4 members (excludes halogenated alkanes) is 1. The van der Waals surface area contributed by atoms with E-state index in [4.69, 9.17) is 5.11 Å². The van der Waals surface area contributed by atoms with Crippen LogP contribution < -0.4 is 10.6 Å². The Morgan fingerprint density at radius 2 is 2.15 bits per heavy atom. The van der Waals surface area contributed by atoms with Crippen LogP contribution in [0.2, 0.25) is 0 Å². The molecule has 0 aromatic carbocycles. The number of nitrogens with one attached hydrogen (secondary N) is 2. The van der Waals surface area contributed by atoms with Gasteiger partial charge in [-0.3, -0.25) is 4.79 Å². The first-order valence-corrected chi connectivity index (χ1v) is 6.87. The van der Waals surface area contributed by atoms with Gasteiger partial charge in [-0.1, -0.05) is 0 Å². The molecule has 2 heterocycles. The lowest BCUT2D eigenvalue weighted by atomic mass is 10.2. The van der Waals surface area contributed by atoms with Crippen LogP contribution >= 0.6 is 0 Å². The third-order valence-electron chi connectivity index (χ3n) is 3.61. The van der Waals surface area contributed by atoms with Gasteiger partial charge in [-0.2, -0.15) is 0 Å². The smallest absolute Gasteiger partial charge is 0.317 e. The van der Waals surface area contributed by atoms with E-state index in [-0.39, 0.29) is 24.5 Å². The van der Waals surface area contributed by atoms with Gasteiger partial charge >= 0.3 is 18.0 Å². The summed E-state index contributed by atoms with van der Waals surface area (Å²) >= 11 is 0. The van der Waals surface area contributed by atoms with Crippen LogP contribution in [0.25, 0.3) is 0 Å². The number of carboxylic acids is 1. The molecule has 0 aliphatic carbocycles. The summed E-state index contributed by atoms with van der Waals surface area (Å²) in [6.45, 7) is 2.70. The van der Waals surface area contributed by atoms with Gasteiger partial charge in [0.15, 0.2) is 0 Å². The van der Waals surface area contributed by atoms with Gasteiger partial charge in [0.2, 0.25) is 0 Å². The molecule has 2 rings (SSSR count). The maximum absolute atomic E-state index is 11.9. The van der Waals surface area contributed by atoms with Crippen molar-refractivity contribution in [2.45, 2.75) is 25.3 Å². The third-order valence-corrected chi connectivity index (χ3v) is 3.61. The number of carbonyl (C=O) groups is 3. The van der Waals surface area contributed by atoms with Crippen molar-refractivity contribution in [2.24, 2.45) is 0 Å². The van der Waals surface area contributed by atoms with Crippen LogP contribution in [0, 0.1) is 0 Å². The summed E-state index contributed by atoms with van der Waals surface area (Å²) in [4.78, 5) is 37.2. The highest BCUT2D eigenvalue weighted by Crippen LogP contribution is 2.14. The average molecular weight is 284 g/mol. The Kier molecular flexibility index (Phi) is 4.65. The highest BCUT2D eigenvalue weighted by Gasteiger charge is 2.36. The maximum atomic E-state index is 11.9. The van der Waals surface area contributed by atoms with Crippen molar-refractivity contribution in [3.05, 3.63) is 0 Å². The fourth-order valence-electron chi connectivity index (χ4n) is 2.50. The Hall–Kier alpha value is -1.99. The number of rotatable bonds is 5. The van der Waals surface area contributed by atoms with Crippen molar-refractivity contribution >= 4 is 18.0 Å². The second-order valence-electron chi connectivity index (χ2n) is 5.06. The number of fused-ring (bicyclic) bond motifs is 1. The van der Waals surface area contributed by atoms with Crippen LogP contribution in [0.4, 0.5) is 9.59 Å². The van der Waals surface area contributed by atoms with E-state index in [0.29, 0.717) is 45.6 Å². The number of urea groups is 2. The average Bonchev–Trinajstić information content (AvgIpc) is 2.79. The molecule has 2 aliphatic rings. The number of carboxylic acid groups (broad SMARTS) is 1. The first-order chi connectivity index (χ1) is 9.58. The van der Waals surface area contributed by atoms with Crippen LogP contribution in [0.1, 0.15) is 19.3 Å². The summed E-state index contributed by atoms with van der Waals surface area (Å²) in [5.41, 5.74) is 0. The summed E-state index contributed by atoms with van der Waals surface area (Å²) in [6.07, 6.45) is 1.34. The van der Waals surface area contributed by atoms with Crippen molar-refractivity contribution in [1.82, 2.24) is 20.4 Å². The zero-order valence-electron chi connectivity index (χ0n) is 11.3. The maximum Gasteiger partial charge on any atom is 0.317 e. The number of carbonyl (C=O) groups excluding carboxylic acids is 2. The molecule has 3 N–H and O–H groups in total. The molecule has 0 saturated carbocycles. The molecule has 2 aliphatic heterocycles. The minimum atomic E-state index is -0.814. The number of amides is 4. The quantitative estimate of drug-likeness (QED) is 0.601. The zero-order valence-corrected chi connectivity index (χ0v) is 11.3. The van der Waals surface area contributed by atoms with E-state index in [1.165, 1.54) is 0 Å². The molecule has 0 bridgehead atoms. The molecule has 1 atom stereocenters. The summed E-state index contributed by atoms with van der Waals surface area (Å²) in [5.74, 6) is -0.814. The Morgan fingerprint density at radius 3 is 2.90 bits per heavy atom. The van der Waals surface area contributed by atoms with Crippen LogP contribution in [-0.2, 0) is 4.79 Å². The molecule has 8 nitrogen and oxygen atoms in total. The largest absolute Gasteiger partial charge is 0.481 e. The van der Waals surface area contributed by atoms with Crippen LogP contribution in [0.5, 0.6) is 0 Å². The molecule has 0 spiro atoms. The summed E-state index contributed by atoms with van der Waals surface area (Å²) in [6, 6.07) is -0.128. The number of piperazine rings is 1. The van der Waals surface area contributed by atoms with E-state index in [2.05, 4.69) is 10.6 Å². The van der Waals surface area contributed by atoms with Gasteiger partial charge in [0.05, 0.1) is 6.04 Å². The van der Waals surface area contributed by atoms with Gasteiger partial charge in [0.25, 0.3) is 0 Å². The van der Waals surface area contributed by atoms with Crippen LogP contribution in [-0.4, -0.2) is 71.7 Å². The Morgan fingerprint density at radius 1 is 1.35 bits per heavy atom. The lowest BCUT2D eigenvalue weighted by Gasteiger charge is -2.36. The Bertz CT molecular complexity index is 401. The lowest BCUT2D eigenvalue weighted by molar-refractivity contribution is -0.137. The van der Waals surface area contributed by atoms with Crippen molar-refractivity contribution in [2.75, 3.05) is 32.7 Å². The van der Waals surface area contributed by atoms with E-state index < -0.39 is 5.97 Å². The molecule has 2 fully saturated rings. The Labute approximate surface area is 117 Å². The van der Waals surface area contributed by atoms with Gasteiger partial charge < -0.3 is 25.5 Å². The van der Waals surface area contributed by atoms with Crippen LogP contribution in [0.15, 0.2) is 0 Å². The molecular weight excluding hydrogens is 264 g/mol. The number of hydrogen-bond acceptors (Lipinski definition) is 3. The first-order valence-electron chi connectivity index (χ1n) is 6.87. The molecule has 112 valence electrons. The fourth-order valence-corrected chi connectivity index (χ4v) is 2.50. The monoisotopic (exact) mass is 284 g/mol. The number of nitrogens with zero attached hydrogens (tertiary/aromatic N) is 2. The molecular formula is C12H20N4O4. The van der Waals surface area contributed by atoms with Gasteiger partial charge in [0, 0.05) is 39.1 Å². The summed E-state index contributed by atoms with van der Waals surface area (Å²) in [5, 5.41) is 14.1. The molecule has 4 amide bonds. The molecule has 20 heavy (non-hydrogen) atoms. The number of hydrogen-bond donors (Lipinski definition) is 3. The molecule has 0 aromatic rings. The van der Waals surface area contributed by atoms with Crippen molar-refractivity contribution < 1.29 is 19.5 Å². The lowest BCUT2D eigenvalue weighted by Crippen LogP contribution is -2.56. The molecule has 0 radical (unpaired) electrons. The predicted octanol–water partition coefficient (Wildman–Crippen LogP) is -0.340. The molecule has 2 saturated heterocycles. The van der Waals surface area contributed by atoms with Crippen LogP contribution in [0.3, 0.4) is 0 Å². The Balaban J connectivity index is 1.66. The predicted molar refractivity (Wildman–Crippen MR) is 70.4 cm³/mol. The fraction of sp³-hybridized carbons (Fsp3) is 0.750. The van der Waals surface area contributed by atoms with Crippen molar-refractivity contribution in [3.63, 3.8) is 0 Å². The van der Waals surface area contributed by atoms with E-state index in [1.807, 2.05) is 0 Å². The SMILES string of the molecule is O=C(O)CCCCNC(=O)N1CCN2C(=O)NCC2C1. The topological polar surface area (TPSA) is 102 Å². The standard InChI is InChI=1S/C12H20N4O4/c17-10(18)3-1-2-4-13-11(19)15-5-6-16-9(8-15)7-14-12(16)20/h9H,1-8H2,(H,13,19)(H,14,20)(H,17,18). The minimum absolute atomic E-state index is 0.0521. The zero-order chi connectivity index (χ0) is 14.5. The van der Waals surface area contributed by atoms with Crippen molar-refractivity contribution in [3.8, 4) is 0 Å². The van der Waals surface area contributed by atoms with E-state index in [1.54, 1.807) is 9.80 Å². The first kappa shape index (κ1) is 14.4. The van der Waals surface area contributed by atoms with E-state index in [0.717, 1.165) is 0 Å². The second kappa shape index (κ2) is 6.44. The third kappa shape index (κ3) is 3.52. The van der Waals surface area contributed by atoms with Gasteiger partial charge in [-0.25, -0.2) is 9.59 Å². The van der Waals surface area contributed by atoms with E-state index in [9.17, 15) is 14.4 Å². The molecule has 8 heteroatoms. The second-order valence-corrected chi connectivity index (χ2v) is 5.06. The minimum Gasteiger partial charge on any atom is -0.481 e. The molecule has 1 unspecified atom stereocenters. The molecule has 0 aromatic heterocycles. The summed E-state index contributed by atoms with van der Waals surface area (Å²) in [7, 11) is 0.